The number of ketones is 1. The Morgan fingerprint density at radius 1 is 1.31 bits per heavy atom. The summed E-state index contributed by atoms with van der Waals surface area (Å²) in [6.07, 6.45) is 5.12. The molecule has 0 atom stereocenters. The standard InChI is InChI=1S/C15H20O/c1-11-6-7-12(2)14(10-11)4-3-5-15(16)13-8-9-13/h6-7,10,13H,3-5,8-9H2,1-2H3. The zero-order valence-electron chi connectivity index (χ0n) is 10.3. The Hall–Kier alpha value is -1.11. The van der Waals surface area contributed by atoms with Crippen LogP contribution >= 0.6 is 0 Å². The zero-order valence-corrected chi connectivity index (χ0v) is 10.3. The lowest BCUT2D eigenvalue weighted by atomic mass is 9.99. The molecule has 0 amide bonds. The molecule has 0 N–H and O–H groups in total. The molecule has 0 bridgehead atoms. The van der Waals surface area contributed by atoms with Gasteiger partial charge in [-0.05, 0) is 50.7 Å². The molecule has 0 aliphatic heterocycles. The van der Waals surface area contributed by atoms with E-state index in [-0.39, 0.29) is 0 Å². The van der Waals surface area contributed by atoms with Gasteiger partial charge in [-0.1, -0.05) is 23.8 Å². The molecule has 1 nitrogen and oxygen atoms in total. The number of benzene rings is 1. The fraction of sp³-hybridized carbons (Fsp3) is 0.533. The van der Waals surface area contributed by atoms with E-state index in [1.165, 1.54) is 16.7 Å². The van der Waals surface area contributed by atoms with E-state index in [1.54, 1.807) is 0 Å². The Labute approximate surface area is 97.9 Å². The van der Waals surface area contributed by atoms with Crippen molar-refractivity contribution in [3.05, 3.63) is 34.9 Å². The number of carbonyl (C=O) groups is 1. The first-order valence-corrected chi connectivity index (χ1v) is 6.25. The number of hydrogen-bond acceptors (Lipinski definition) is 1. The summed E-state index contributed by atoms with van der Waals surface area (Å²) in [7, 11) is 0. The summed E-state index contributed by atoms with van der Waals surface area (Å²) in [6, 6.07) is 6.57. The molecule has 1 aromatic rings. The van der Waals surface area contributed by atoms with Gasteiger partial charge < -0.3 is 0 Å². The van der Waals surface area contributed by atoms with E-state index in [4.69, 9.17) is 0 Å². The predicted molar refractivity (Wildman–Crippen MR) is 66.6 cm³/mol. The van der Waals surface area contributed by atoms with E-state index in [0.717, 1.165) is 32.1 Å². The van der Waals surface area contributed by atoms with Crippen LogP contribution < -0.4 is 0 Å². The topological polar surface area (TPSA) is 17.1 Å². The minimum Gasteiger partial charge on any atom is -0.299 e. The van der Waals surface area contributed by atoms with Crippen molar-refractivity contribution in [1.29, 1.82) is 0 Å². The molecular formula is C15H20O. The monoisotopic (exact) mass is 216 g/mol. The van der Waals surface area contributed by atoms with Crippen LogP contribution in [0.1, 0.15) is 42.4 Å². The number of aryl methyl sites for hydroxylation is 3. The van der Waals surface area contributed by atoms with Crippen molar-refractivity contribution in [3.8, 4) is 0 Å². The minimum atomic E-state index is 0.429. The van der Waals surface area contributed by atoms with E-state index >= 15 is 0 Å². The van der Waals surface area contributed by atoms with Crippen molar-refractivity contribution < 1.29 is 4.79 Å². The van der Waals surface area contributed by atoms with Crippen LogP contribution in [0, 0.1) is 19.8 Å². The zero-order chi connectivity index (χ0) is 11.5. The Balaban J connectivity index is 1.84. The molecule has 0 saturated heterocycles. The molecule has 1 fully saturated rings. The van der Waals surface area contributed by atoms with Crippen molar-refractivity contribution in [2.24, 2.45) is 5.92 Å². The first-order valence-electron chi connectivity index (χ1n) is 6.25. The molecule has 0 unspecified atom stereocenters. The molecule has 1 heteroatoms. The van der Waals surface area contributed by atoms with Crippen LogP contribution in [0.25, 0.3) is 0 Å². The highest BCUT2D eigenvalue weighted by atomic mass is 16.1. The van der Waals surface area contributed by atoms with Gasteiger partial charge in [0.1, 0.15) is 5.78 Å². The highest BCUT2D eigenvalue weighted by molar-refractivity contribution is 5.83. The molecule has 2 rings (SSSR count). The van der Waals surface area contributed by atoms with Gasteiger partial charge in [-0.15, -0.1) is 0 Å². The molecule has 1 aliphatic rings. The van der Waals surface area contributed by atoms with Gasteiger partial charge in [0.25, 0.3) is 0 Å². The van der Waals surface area contributed by atoms with E-state index in [1.807, 2.05) is 0 Å². The van der Waals surface area contributed by atoms with Crippen LogP contribution in [-0.2, 0) is 11.2 Å². The summed E-state index contributed by atoms with van der Waals surface area (Å²) in [6.45, 7) is 4.27. The van der Waals surface area contributed by atoms with E-state index in [0.29, 0.717) is 11.7 Å². The molecule has 86 valence electrons. The number of Topliss-reactive ketones (excluding diaryl/α,β-unsaturated/α-hetero) is 1. The van der Waals surface area contributed by atoms with E-state index < -0.39 is 0 Å². The van der Waals surface area contributed by atoms with Crippen molar-refractivity contribution in [3.63, 3.8) is 0 Å². The smallest absolute Gasteiger partial charge is 0.135 e. The van der Waals surface area contributed by atoms with Crippen molar-refractivity contribution in [2.75, 3.05) is 0 Å². The van der Waals surface area contributed by atoms with Gasteiger partial charge in [-0.25, -0.2) is 0 Å². The van der Waals surface area contributed by atoms with Gasteiger partial charge in [-0.2, -0.15) is 0 Å². The van der Waals surface area contributed by atoms with Crippen LogP contribution in [0.15, 0.2) is 18.2 Å². The maximum atomic E-state index is 11.5. The van der Waals surface area contributed by atoms with Crippen LogP contribution in [-0.4, -0.2) is 5.78 Å². The van der Waals surface area contributed by atoms with Gasteiger partial charge in [-0.3, -0.25) is 4.79 Å². The van der Waals surface area contributed by atoms with Crippen LogP contribution in [0.4, 0.5) is 0 Å². The molecular weight excluding hydrogens is 196 g/mol. The predicted octanol–water partition coefficient (Wildman–Crippen LogP) is 3.61. The third-order valence-corrected chi connectivity index (χ3v) is 3.41. The normalized spacial score (nSPS) is 15.1. The Morgan fingerprint density at radius 2 is 2.06 bits per heavy atom. The molecule has 0 aromatic heterocycles. The maximum absolute atomic E-state index is 11.5. The fourth-order valence-electron chi connectivity index (χ4n) is 2.13. The van der Waals surface area contributed by atoms with Crippen molar-refractivity contribution in [2.45, 2.75) is 46.0 Å². The average Bonchev–Trinajstić information content (AvgIpc) is 3.06. The van der Waals surface area contributed by atoms with Crippen molar-refractivity contribution in [1.82, 2.24) is 0 Å². The van der Waals surface area contributed by atoms with Gasteiger partial charge >= 0.3 is 0 Å². The molecule has 0 radical (unpaired) electrons. The summed E-state index contributed by atoms with van der Waals surface area (Å²) < 4.78 is 0. The third-order valence-electron chi connectivity index (χ3n) is 3.41. The first-order chi connectivity index (χ1) is 7.66. The van der Waals surface area contributed by atoms with Crippen molar-refractivity contribution >= 4 is 5.78 Å². The summed E-state index contributed by atoms with van der Waals surface area (Å²) in [5.74, 6) is 0.920. The highest BCUT2D eigenvalue weighted by Crippen LogP contribution is 2.31. The maximum Gasteiger partial charge on any atom is 0.135 e. The number of hydrogen-bond donors (Lipinski definition) is 0. The van der Waals surface area contributed by atoms with Crippen LogP contribution in [0.3, 0.4) is 0 Å². The SMILES string of the molecule is Cc1ccc(C)c(CCCC(=O)C2CC2)c1. The lowest BCUT2D eigenvalue weighted by molar-refractivity contribution is -0.120. The molecule has 0 spiro atoms. The van der Waals surface area contributed by atoms with Crippen LogP contribution in [0.2, 0.25) is 0 Å². The molecule has 1 aromatic carbocycles. The Morgan fingerprint density at radius 3 is 2.75 bits per heavy atom. The second kappa shape index (κ2) is 4.82. The highest BCUT2D eigenvalue weighted by Gasteiger charge is 2.28. The molecule has 16 heavy (non-hydrogen) atoms. The fourth-order valence-corrected chi connectivity index (χ4v) is 2.13. The van der Waals surface area contributed by atoms with Gasteiger partial charge in [0.2, 0.25) is 0 Å². The molecule has 1 aliphatic carbocycles. The number of rotatable bonds is 5. The van der Waals surface area contributed by atoms with E-state index in [9.17, 15) is 4.79 Å². The number of carbonyl (C=O) groups excluding carboxylic acids is 1. The minimum absolute atomic E-state index is 0.429. The summed E-state index contributed by atoms with van der Waals surface area (Å²) in [4.78, 5) is 11.5. The second-order valence-corrected chi connectivity index (χ2v) is 5.02. The quantitative estimate of drug-likeness (QED) is 0.735. The average molecular weight is 216 g/mol. The molecule has 0 heterocycles. The molecule has 1 saturated carbocycles. The lowest BCUT2D eigenvalue weighted by Gasteiger charge is -2.06. The summed E-state index contributed by atoms with van der Waals surface area (Å²) >= 11 is 0. The Kier molecular flexibility index (Phi) is 3.42. The second-order valence-electron chi connectivity index (χ2n) is 5.02. The first kappa shape index (κ1) is 11.4. The van der Waals surface area contributed by atoms with Gasteiger partial charge in [0.15, 0.2) is 0 Å². The van der Waals surface area contributed by atoms with E-state index in [2.05, 4.69) is 32.0 Å². The summed E-state index contributed by atoms with van der Waals surface area (Å²) in [5.41, 5.74) is 4.07. The third kappa shape index (κ3) is 2.94. The summed E-state index contributed by atoms with van der Waals surface area (Å²) in [5, 5.41) is 0. The largest absolute Gasteiger partial charge is 0.299 e. The Bertz CT molecular complexity index is 388. The lowest BCUT2D eigenvalue weighted by Crippen LogP contribution is -2.01. The van der Waals surface area contributed by atoms with Gasteiger partial charge in [0, 0.05) is 12.3 Å². The van der Waals surface area contributed by atoms with Gasteiger partial charge in [0.05, 0.1) is 0 Å². The van der Waals surface area contributed by atoms with Crippen LogP contribution in [0.5, 0.6) is 0 Å².